The van der Waals surface area contributed by atoms with Gasteiger partial charge < -0.3 is 5.32 Å². The Morgan fingerprint density at radius 2 is 2.32 bits per heavy atom. The number of anilines is 1. The van der Waals surface area contributed by atoms with Gasteiger partial charge >= 0.3 is 0 Å². The molecule has 0 aliphatic heterocycles. The van der Waals surface area contributed by atoms with Crippen molar-refractivity contribution in [2.45, 2.75) is 26.3 Å². The summed E-state index contributed by atoms with van der Waals surface area (Å²) < 4.78 is 0. The first-order chi connectivity index (χ1) is 9.15. The molecule has 1 unspecified atom stereocenters. The van der Waals surface area contributed by atoms with E-state index in [1.807, 2.05) is 11.4 Å². The lowest BCUT2D eigenvalue weighted by molar-refractivity contribution is 0.112. The average Bonchev–Trinajstić information content (AvgIpc) is 2.89. The van der Waals surface area contributed by atoms with Gasteiger partial charge in [-0.15, -0.1) is 11.3 Å². The third-order valence-corrected chi connectivity index (χ3v) is 4.01. The van der Waals surface area contributed by atoms with Crippen molar-refractivity contribution < 1.29 is 4.79 Å². The number of hydrogen-bond donors (Lipinski definition) is 1. The number of carbonyl (C=O) groups is 1. The zero-order valence-electron chi connectivity index (χ0n) is 10.7. The number of carbonyl (C=O) groups excluding carboxylic acids is 1. The predicted octanol–water partition coefficient (Wildman–Crippen LogP) is 3.88. The van der Waals surface area contributed by atoms with Crippen LogP contribution < -0.4 is 5.32 Å². The van der Waals surface area contributed by atoms with Crippen molar-refractivity contribution in [3.8, 4) is 0 Å². The van der Waals surface area contributed by atoms with Gasteiger partial charge in [-0.3, -0.25) is 4.79 Å². The van der Waals surface area contributed by atoms with Crippen molar-refractivity contribution in [3.63, 3.8) is 0 Å². The maximum Gasteiger partial charge on any atom is 0.156 e. The van der Waals surface area contributed by atoms with Gasteiger partial charge in [0.1, 0.15) is 16.8 Å². The number of nitrogens with zero attached hydrogens (tertiary/aromatic N) is 2. The fourth-order valence-corrected chi connectivity index (χ4v) is 2.91. The summed E-state index contributed by atoms with van der Waals surface area (Å²) in [6, 6.07) is 4.18. The van der Waals surface area contributed by atoms with Crippen LogP contribution in [0.2, 0.25) is 5.15 Å². The largest absolute Gasteiger partial charge is 0.362 e. The van der Waals surface area contributed by atoms with Gasteiger partial charge in [-0.1, -0.05) is 24.6 Å². The maximum absolute atomic E-state index is 11.1. The van der Waals surface area contributed by atoms with Crippen molar-refractivity contribution in [1.82, 2.24) is 9.97 Å². The molecule has 0 saturated heterocycles. The molecule has 0 fully saturated rings. The molecule has 0 amide bonds. The number of rotatable bonds is 5. The van der Waals surface area contributed by atoms with Crippen molar-refractivity contribution in [3.05, 3.63) is 38.9 Å². The summed E-state index contributed by atoms with van der Waals surface area (Å²) >= 11 is 7.64. The fraction of sp³-hybridized carbons (Fsp3) is 0.308. The summed E-state index contributed by atoms with van der Waals surface area (Å²) in [4.78, 5) is 20.6. The Hall–Kier alpha value is -1.46. The van der Waals surface area contributed by atoms with Crippen LogP contribution in [0.5, 0.6) is 0 Å². The minimum atomic E-state index is 0.115. The SMILES string of the molecule is CCC(Nc1nc(C)nc(Cl)c1C=O)c1cccs1. The van der Waals surface area contributed by atoms with Crippen molar-refractivity contribution in [2.24, 2.45) is 0 Å². The topological polar surface area (TPSA) is 54.9 Å². The van der Waals surface area contributed by atoms with Crippen molar-refractivity contribution >= 4 is 35.0 Å². The van der Waals surface area contributed by atoms with Gasteiger partial charge in [0, 0.05) is 4.88 Å². The molecule has 0 saturated carbocycles. The molecule has 0 spiro atoms. The Bertz CT molecular complexity index is 572. The van der Waals surface area contributed by atoms with Gasteiger partial charge in [-0.05, 0) is 24.8 Å². The number of aromatic nitrogens is 2. The van der Waals surface area contributed by atoms with Crippen LogP contribution >= 0.6 is 22.9 Å². The number of thiophene rings is 1. The molecule has 0 aromatic carbocycles. The molecular formula is C13H14ClN3OS. The second-order valence-electron chi connectivity index (χ2n) is 4.06. The van der Waals surface area contributed by atoms with Gasteiger partial charge in [-0.25, -0.2) is 9.97 Å². The maximum atomic E-state index is 11.1. The van der Waals surface area contributed by atoms with E-state index >= 15 is 0 Å². The quantitative estimate of drug-likeness (QED) is 0.672. The molecule has 2 aromatic heterocycles. The molecule has 0 aliphatic carbocycles. The highest BCUT2D eigenvalue weighted by Crippen LogP contribution is 2.28. The van der Waals surface area contributed by atoms with Crippen LogP contribution in [0.25, 0.3) is 0 Å². The molecule has 0 aliphatic rings. The fourth-order valence-electron chi connectivity index (χ4n) is 1.79. The van der Waals surface area contributed by atoms with E-state index in [1.165, 1.54) is 4.88 Å². The minimum Gasteiger partial charge on any atom is -0.362 e. The van der Waals surface area contributed by atoms with Crippen molar-refractivity contribution in [2.75, 3.05) is 5.32 Å². The lowest BCUT2D eigenvalue weighted by Crippen LogP contribution is -2.12. The molecule has 1 atom stereocenters. The summed E-state index contributed by atoms with van der Waals surface area (Å²) in [5, 5.41) is 5.49. The molecular weight excluding hydrogens is 282 g/mol. The van der Waals surface area contributed by atoms with E-state index in [-0.39, 0.29) is 11.2 Å². The number of aldehydes is 1. The molecule has 2 heterocycles. The van der Waals surface area contributed by atoms with E-state index in [1.54, 1.807) is 18.3 Å². The number of aryl methyl sites for hydroxylation is 1. The molecule has 2 aromatic rings. The van der Waals surface area contributed by atoms with Gasteiger partial charge in [0.15, 0.2) is 6.29 Å². The normalized spacial score (nSPS) is 12.2. The van der Waals surface area contributed by atoms with Gasteiger partial charge in [0.2, 0.25) is 0 Å². The van der Waals surface area contributed by atoms with Gasteiger partial charge in [0.25, 0.3) is 0 Å². The zero-order chi connectivity index (χ0) is 13.8. The lowest BCUT2D eigenvalue weighted by Gasteiger charge is -2.17. The summed E-state index contributed by atoms with van der Waals surface area (Å²) in [7, 11) is 0. The summed E-state index contributed by atoms with van der Waals surface area (Å²) in [5.74, 6) is 1.03. The smallest absolute Gasteiger partial charge is 0.156 e. The van der Waals surface area contributed by atoms with E-state index in [2.05, 4.69) is 28.3 Å². The van der Waals surface area contributed by atoms with Crippen LogP contribution in [0.1, 0.15) is 40.4 Å². The second kappa shape index (κ2) is 6.12. The lowest BCUT2D eigenvalue weighted by atomic mass is 10.2. The Morgan fingerprint density at radius 1 is 1.53 bits per heavy atom. The Morgan fingerprint density at radius 3 is 2.89 bits per heavy atom. The summed E-state index contributed by atoms with van der Waals surface area (Å²) in [5.41, 5.74) is 0.308. The number of hydrogen-bond acceptors (Lipinski definition) is 5. The van der Waals surface area contributed by atoms with Gasteiger partial charge in [-0.2, -0.15) is 0 Å². The molecule has 19 heavy (non-hydrogen) atoms. The third kappa shape index (κ3) is 3.11. The van der Waals surface area contributed by atoms with E-state index in [0.29, 0.717) is 23.5 Å². The summed E-state index contributed by atoms with van der Waals surface area (Å²) in [6.45, 7) is 3.82. The molecule has 6 heteroatoms. The van der Waals surface area contributed by atoms with E-state index in [0.717, 1.165) is 6.42 Å². The predicted molar refractivity (Wildman–Crippen MR) is 78.1 cm³/mol. The van der Waals surface area contributed by atoms with Crippen molar-refractivity contribution in [1.29, 1.82) is 0 Å². The molecule has 0 bridgehead atoms. The molecule has 2 rings (SSSR count). The van der Waals surface area contributed by atoms with E-state index in [9.17, 15) is 4.79 Å². The van der Waals surface area contributed by atoms with Crippen LogP contribution in [-0.2, 0) is 0 Å². The number of halogens is 1. The van der Waals surface area contributed by atoms with Crippen LogP contribution in [0.15, 0.2) is 17.5 Å². The van der Waals surface area contributed by atoms with Gasteiger partial charge in [0.05, 0.1) is 11.6 Å². The average molecular weight is 296 g/mol. The third-order valence-electron chi connectivity index (χ3n) is 2.73. The monoisotopic (exact) mass is 295 g/mol. The first-order valence-corrected chi connectivity index (χ1v) is 7.20. The van der Waals surface area contributed by atoms with Crippen LogP contribution in [0, 0.1) is 6.92 Å². The van der Waals surface area contributed by atoms with Crippen LogP contribution in [0.3, 0.4) is 0 Å². The zero-order valence-corrected chi connectivity index (χ0v) is 12.3. The first-order valence-electron chi connectivity index (χ1n) is 5.95. The molecule has 1 N–H and O–H groups in total. The summed E-state index contributed by atoms with van der Waals surface area (Å²) in [6.07, 6.45) is 1.57. The van der Waals surface area contributed by atoms with Crippen LogP contribution in [-0.4, -0.2) is 16.3 Å². The molecule has 4 nitrogen and oxygen atoms in total. The van der Waals surface area contributed by atoms with E-state index in [4.69, 9.17) is 11.6 Å². The highest BCUT2D eigenvalue weighted by molar-refractivity contribution is 7.10. The molecule has 0 radical (unpaired) electrons. The Kier molecular flexibility index (Phi) is 4.50. The minimum absolute atomic E-state index is 0.115. The first kappa shape index (κ1) is 14.0. The second-order valence-corrected chi connectivity index (χ2v) is 5.40. The molecule has 100 valence electrons. The Balaban J connectivity index is 2.34. The van der Waals surface area contributed by atoms with Crippen LogP contribution in [0.4, 0.5) is 5.82 Å². The Labute approximate surface area is 120 Å². The highest BCUT2D eigenvalue weighted by atomic mass is 35.5. The standard InChI is InChI=1S/C13H14ClN3OS/c1-3-10(11-5-4-6-19-11)17-13-9(7-18)12(14)15-8(2)16-13/h4-7,10H,3H2,1-2H3,(H,15,16,17). The highest BCUT2D eigenvalue weighted by Gasteiger charge is 2.16. The number of nitrogens with one attached hydrogen (secondary N) is 1. The van der Waals surface area contributed by atoms with E-state index < -0.39 is 0 Å².